The van der Waals surface area contributed by atoms with Gasteiger partial charge in [0.15, 0.2) is 0 Å². The molecule has 0 saturated carbocycles. The minimum Gasteiger partial charge on any atom is -0.402 e. The van der Waals surface area contributed by atoms with Gasteiger partial charge in [-0.05, 0) is 56.7 Å². The molecule has 0 aliphatic heterocycles. The van der Waals surface area contributed by atoms with Crippen LogP contribution in [0.5, 0.6) is 0 Å². The maximum Gasteiger partial charge on any atom is 0.00848 e. The highest BCUT2D eigenvalue weighted by Gasteiger charge is 2.01. The van der Waals surface area contributed by atoms with Crippen LogP contribution < -0.4 is 5.73 Å². The predicted molar refractivity (Wildman–Crippen MR) is 69.1 cm³/mol. The fraction of sp³-hybridized carbons (Fsp3) is 0.385. The molecule has 0 unspecified atom stereocenters. The Morgan fingerprint density at radius 3 is 2.47 bits per heavy atom. The number of nitrogens with two attached hydrogens (primary N) is 1. The normalized spacial score (nSPS) is 12.3. The molecule has 0 amide bonds. The third kappa shape index (κ3) is 3.92. The highest BCUT2D eigenvalue weighted by molar-refractivity contribution is 7.10. The van der Waals surface area contributed by atoms with Crippen molar-refractivity contribution in [2.24, 2.45) is 5.73 Å². The molecule has 82 valence electrons. The first kappa shape index (κ1) is 12.1. The maximum absolute atomic E-state index is 5.88. The van der Waals surface area contributed by atoms with E-state index in [9.17, 15) is 0 Å². The molecule has 15 heavy (non-hydrogen) atoms. The molecule has 1 aromatic rings. The van der Waals surface area contributed by atoms with Crippen LogP contribution in [0.4, 0.5) is 0 Å². The van der Waals surface area contributed by atoms with Crippen molar-refractivity contribution in [3.63, 3.8) is 0 Å². The Hall–Kier alpha value is -1.02. The predicted octanol–water partition coefficient (Wildman–Crippen LogP) is 3.80. The first-order chi connectivity index (χ1) is 6.99. The Bertz CT molecular complexity index is 388. The summed E-state index contributed by atoms with van der Waals surface area (Å²) in [7, 11) is 0. The third-order valence-corrected chi connectivity index (χ3v) is 3.06. The first-order valence-corrected chi connectivity index (χ1v) is 6.01. The van der Waals surface area contributed by atoms with E-state index in [0.717, 1.165) is 12.1 Å². The lowest BCUT2D eigenvalue weighted by atomic mass is 10.0. The highest BCUT2D eigenvalue weighted by atomic mass is 32.1. The van der Waals surface area contributed by atoms with Crippen LogP contribution in [0.3, 0.4) is 0 Å². The van der Waals surface area contributed by atoms with Gasteiger partial charge in [0.25, 0.3) is 0 Å². The van der Waals surface area contributed by atoms with Crippen molar-refractivity contribution < 1.29 is 0 Å². The van der Waals surface area contributed by atoms with Crippen LogP contribution in [-0.4, -0.2) is 0 Å². The molecule has 2 N–H and O–H groups in total. The molecule has 0 bridgehead atoms. The quantitative estimate of drug-likeness (QED) is 0.772. The fourth-order valence-electron chi connectivity index (χ4n) is 1.46. The Balaban J connectivity index is 2.87. The SMILES string of the molecule is CC(C)=C/C(Cc1csc(C)c1)=C(\C)N. The summed E-state index contributed by atoms with van der Waals surface area (Å²) < 4.78 is 0. The van der Waals surface area contributed by atoms with E-state index in [-0.39, 0.29) is 0 Å². The summed E-state index contributed by atoms with van der Waals surface area (Å²) >= 11 is 1.79. The van der Waals surface area contributed by atoms with Crippen LogP contribution >= 0.6 is 11.3 Å². The summed E-state index contributed by atoms with van der Waals surface area (Å²) in [5.74, 6) is 0. The third-order valence-electron chi connectivity index (χ3n) is 2.15. The van der Waals surface area contributed by atoms with Crippen LogP contribution in [0, 0.1) is 6.92 Å². The Labute approximate surface area is 96.3 Å². The molecule has 0 spiro atoms. The van der Waals surface area contributed by atoms with Gasteiger partial charge in [-0.1, -0.05) is 11.6 Å². The molecular weight excluding hydrogens is 202 g/mol. The molecule has 0 atom stereocenters. The first-order valence-electron chi connectivity index (χ1n) is 5.13. The van der Waals surface area contributed by atoms with Gasteiger partial charge in [0, 0.05) is 10.6 Å². The van der Waals surface area contributed by atoms with Gasteiger partial charge in [0.05, 0.1) is 0 Å². The van der Waals surface area contributed by atoms with Crippen LogP contribution in [0.15, 0.2) is 34.4 Å². The zero-order chi connectivity index (χ0) is 11.4. The zero-order valence-corrected chi connectivity index (χ0v) is 10.7. The van der Waals surface area contributed by atoms with E-state index < -0.39 is 0 Å². The molecule has 1 rings (SSSR count). The summed E-state index contributed by atoms with van der Waals surface area (Å²) in [5.41, 5.74) is 10.7. The van der Waals surface area contributed by atoms with Gasteiger partial charge in [-0.3, -0.25) is 0 Å². The Kier molecular flexibility index (Phi) is 4.15. The van der Waals surface area contributed by atoms with E-state index in [1.165, 1.54) is 21.6 Å². The summed E-state index contributed by atoms with van der Waals surface area (Å²) in [5, 5.41) is 2.21. The summed E-state index contributed by atoms with van der Waals surface area (Å²) in [6.45, 7) is 8.30. The van der Waals surface area contributed by atoms with Crippen LogP contribution in [-0.2, 0) is 6.42 Å². The maximum atomic E-state index is 5.88. The second kappa shape index (κ2) is 5.17. The van der Waals surface area contributed by atoms with Gasteiger partial charge in [-0.2, -0.15) is 0 Å². The molecule has 0 fully saturated rings. The topological polar surface area (TPSA) is 26.0 Å². The van der Waals surface area contributed by atoms with Crippen LogP contribution in [0.2, 0.25) is 0 Å². The molecule has 0 radical (unpaired) electrons. The van der Waals surface area contributed by atoms with Gasteiger partial charge in [0.1, 0.15) is 0 Å². The zero-order valence-electron chi connectivity index (χ0n) is 9.92. The smallest absolute Gasteiger partial charge is 0.00848 e. The standard InChI is InChI=1S/C13H19NS/c1-9(2)5-13(11(4)14)7-12-6-10(3)15-8-12/h5-6,8H,7,14H2,1-4H3/b13-11-. The van der Waals surface area contributed by atoms with Crippen molar-refractivity contribution in [1.82, 2.24) is 0 Å². The van der Waals surface area contributed by atoms with E-state index >= 15 is 0 Å². The van der Waals surface area contributed by atoms with Gasteiger partial charge < -0.3 is 5.73 Å². The lowest BCUT2D eigenvalue weighted by Crippen LogP contribution is -1.99. The summed E-state index contributed by atoms with van der Waals surface area (Å²) in [4.78, 5) is 1.36. The minimum atomic E-state index is 0.917. The molecule has 0 aliphatic rings. The monoisotopic (exact) mass is 221 g/mol. The van der Waals surface area contributed by atoms with E-state index in [4.69, 9.17) is 5.73 Å². The summed E-state index contributed by atoms with van der Waals surface area (Å²) in [6.07, 6.45) is 3.11. The molecule has 0 aromatic carbocycles. The second-order valence-corrected chi connectivity index (χ2v) is 5.29. The van der Waals surface area contributed by atoms with Gasteiger partial charge in [-0.25, -0.2) is 0 Å². The van der Waals surface area contributed by atoms with Crippen molar-refractivity contribution in [1.29, 1.82) is 0 Å². The highest BCUT2D eigenvalue weighted by Crippen LogP contribution is 2.18. The number of hydrogen-bond donors (Lipinski definition) is 1. The van der Waals surface area contributed by atoms with E-state index in [0.29, 0.717) is 0 Å². The largest absolute Gasteiger partial charge is 0.402 e. The summed E-state index contributed by atoms with van der Waals surface area (Å²) in [6, 6.07) is 2.23. The van der Waals surface area contributed by atoms with Crippen molar-refractivity contribution in [3.8, 4) is 0 Å². The average molecular weight is 221 g/mol. The van der Waals surface area contributed by atoms with E-state index in [2.05, 4.69) is 38.3 Å². The second-order valence-electron chi connectivity index (χ2n) is 4.17. The lowest BCUT2D eigenvalue weighted by molar-refractivity contribution is 1.11. The average Bonchev–Trinajstić information content (AvgIpc) is 2.49. The minimum absolute atomic E-state index is 0.917. The lowest BCUT2D eigenvalue weighted by Gasteiger charge is -2.04. The molecule has 1 aromatic heterocycles. The Morgan fingerprint density at radius 2 is 2.07 bits per heavy atom. The van der Waals surface area contributed by atoms with Gasteiger partial charge >= 0.3 is 0 Å². The number of aryl methyl sites for hydroxylation is 1. The van der Waals surface area contributed by atoms with E-state index in [1.54, 1.807) is 11.3 Å². The molecule has 1 nitrogen and oxygen atoms in total. The van der Waals surface area contributed by atoms with Crippen LogP contribution in [0.25, 0.3) is 0 Å². The van der Waals surface area contributed by atoms with Crippen molar-refractivity contribution in [2.75, 3.05) is 0 Å². The number of rotatable bonds is 3. The molecule has 0 aliphatic carbocycles. The number of hydrogen-bond acceptors (Lipinski definition) is 2. The fourth-order valence-corrected chi connectivity index (χ4v) is 2.17. The molecule has 1 heterocycles. The molecular formula is C13H19NS. The van der Waals surface area contributed by atoms with Crippen molar-refractivity contribution in [3.05, 3.63) is 44.8 Å². The number of allylic oxidation sites excluding steroid dienone is 4. The van der Waals surface area contributed by atoms with Crippen molar-refractivity contribution >= 4 is 11.3 Å². The van der Waals surface area contributed by atoms with Gasteiger partial charge in [-0.15, -0.1) is 11.3 Å². The van der Waals surface area contributed by atoms with Crippen LogP contribution in [0.1, 0.15) is 31.2 Å². The van der Waals surface area contributed by atoms with E-state index in [1.807, 2.05) is 6.92 Å². The molecule has 0 saturated heterocycles. The van der Waals surface area contributed by atoms with Gasteiger partial charge in [0.2, 0.25) is 0 Å². The molecule has 2 heteroatoms. The Morgan fingerprint density at radius 1 is 1.40 bits per heavy atom. The van der Waals surface area contributed by atoms with Crippen molar-refractivity contribution in [2.45, 2.75) is 34.1 Å². The number of thiophene rings is 1.